The standard InChI is InChI=1S/C19H22N2O/c1-15-3-2-4-17(13-15)14-19(9-10-19)21-18(22)6-5-16-7-11-20-12-8-16/h2-4,7-8,11-13H,5-6,9-10,14H2,1H3,(H,21,22). The molecule has 3 nitrogen and oxygen atoms in total. The maximum Gasteiger partial charge on any atom is 0.220 e. The fourth-order valence-corrected chi connectivity index (χ4v) is 2.88. The van der Waals surface area contributed by atoms with E-state index < -0.39 is 0 Å². The number of aryl methyl sites for hydroxylation is 2. The van der Waals surface area contributed by atoms with Gasteiger partial charge in [-0.2, -0.15) is 0 Å². The van der Waals surface area contributed by atoms with Gasteiger partial charge < -0.3 is 5.32 Å². The van der Waals surface area contributed by atoms with E-state index in [0.717, 1.165) is 31.2 Å². The summed E-state index contributed by atoms with van der Waals surface area (Å²) < 4.78 is 0. The molecule has 1 amide bonds. The number of carbonyl (C=O) groups excluding carboxylic acids is 1. The van der Waals surface area contributed by atoms with Crippen LogP contribution in [0.2, 0.25) is 0 Å². The zero-order valence-electron chi connectivity index (χ0n) is 13.0. The van der Waals surface area contributed by atoms with Crippen molar-refractivity contribution in [3.8, 4) is 0 Å². The lowest BCUT2D eigenvalue weighted by molar-refractivity contribution is -0.122. The lowest BCUT2D eigenvalue weighted by Crippen LogP contribution is -2.38. The number of nitrogens with zero attached hydrogens (tertiary/aromatic N) is 1. The Hall–Kier alpha value is -2.16. The van der Waals surface area contributed by atoms with Crippen molar-refractivity contribution in [2.75, 3.05) is 0 Å². The third-order valence-electron chi connectivity index (χ3n) is 4.27. The third kappa shape index (κ3) is 3.94. The van der Waals surface area contributed by atoms with Crippen molar-refractivity contribution in [2.24, 2.45) is 0 Å². The lowest BCUT2D eigenvalue weighted by atomic mass is 10.0. The van der Waals surface area contributed by atoms with Gasteiger partial charge in [0.05, 0.1) is 0 Å². The number of hydrogen-bond acceptors (Lipinski definition) is 2. The average Bonchev–Trinajstić information content (AvgIpc) is 3.25. The van der Waals surface area contributed by atoms with Crippen LogP contribution in [0.15, 0.2) is 48.8 Å². The molecule has 22 heavy (non-hydrogen) atoms. The molecule has 0 atom stereocenters. The molecule has 1 heterocycles. The Kier molecular flexibility index (Phi) is 4.23. The molecule has 114 valence electrons. The number of carbonyl (C=O) groups is 1. The van der Waals surface area contributed by atoms with E-state index in [0.29, 0.717) is 6.42 Å². The van der Waals surface area contributed by atoms with Gasteiger partial charge in [-0.15, -0.1) is 0 Å². The molecule has 0 saturated heterocycles. The second-order valence-corrected chi connectivity index (χ2v) is 6.35. The maximum absolute atomic E-state index is 12.2. The van der Waals surface area contributed by atoms with E-state index >= 15 is 0 Å². The van der Waals surface area contributed by atoms with Crippen LogP contribution in [0.25, 0.3) is 0 Å². The summed E-state index contributed by atoms with van der Waals surface area (Å²) in [6.07, 6.45) is 7.97. The first kappa shape index (κ1) is 14.8. The summed E-state index contributed by atoms with van der Waals surface area (Å²) >= 11 is 0. The molecular weight excluding hydrogens is 272 g/mol. The fourth-order valence-electron chi connectivity index (χ4n) is 2.88. The monoisotopic (exact) mass is 294 g/mol. The largest absolute Gasteiger partial charge is 0.350 e. The van der Waals surface area contributed by atoms with Gasteiger partial charge in [0.1, 0.15) is 0 Å². The average molecular weight is 294 g/mol. The van der Waals surface area contributed by atoms with E-state index in [4.69, 9.17) is 0 Å². The van der Waals surface area contributed by atoms with Crippen LogP contribution in [0.1, 0.15) is 36.0 Å². The Balaban J connectivity index is 1.52. The van der Waals surface area contributed by atoms with Gasteiger partial charge in [-0.1, -0.05) is 29.8 Å². The van der Waals surface area contributed by atoms with Crippen LogP contribution >= 0.6 is 0 Å². The zero-order valence-corrected chi connectivity index (χ0v) is 13.0. The van der Waals surface area contributed by atoms with Crippen LogP contribution in [0, 0.1) is 6.92 Å². The predicted molar refractivity (Wildman–Crippen MR) is 87.5 cm³/mol. The van der Waals surface area contributed by atoms with Crippen molar-refractivity contribution in [1.82, 2.24) is 10.3 Å². The minimum atomic E-state index is 0.00310. The molecule has 1 aliphatic rings. The van der Waals surface area contributed by atoms with Crippen molar-refractivity contribution in [3.05, 3.63) is 65.5 Å². The van der Waals surface area contributed by atoms with Crippen molar-refractivity contribution < 1.29 is 4.79 Å². The first-order valence-corrected chi connectivity index (χ1v) is 7.91. The van der Waals surface area contributed by atoms with Gasteiger partial charge in [0, 0.05) is 24.4 Å². The number of amides is 1. The van der Waals surface area contributed by atoms with Crippen molar-refractivity contribution in [3.63, 3.8) is 0 Å². The second kappa shape index (κ2) is 6.30. The Morgan fingerprint density at radius 3 is 2.64 bits per heavy atom. The van der Waals surface area contributed by atoms with Crippen molar-refractivity contribution in [1.29, 1.82) is 0 Å². The van der Waals surface area contributed by atoms with Crippen LogP contribution in [-0.2, 0) is 17.6 Å². The molecule has 1 aromatic carbocycles. The summed E-state index contributed by atoms with van der Waals surface area (Å²) in [5.74, 6) is 0.155. The van der Waals surface area contributed by atoms with E-state index in [-0.39, 0.29) is 11.4 Å². The highest BCUT2D eigenvalue weighted by Gasteiger charge is 2.43. The summed E-state index contributed by atoms with van der Waals surface area (Å²) in [6.45, 7) is 2.11. The highest BCUT2D eigenvalue weighted by atomic mass is 16.1. The number of rotatable bonds is 6. The van der Waals surface area contributed by atoms with Gasteiger partial charge in [0.2, 0.25) is 5.91 Å². The van der Waals surface area contributed by atoms with Crippen LogP contribution in [-0.4, -0.2) is 16.4 Å². The van der Waals surface area contributed by atoms with Gasteiger partial charge in [0.25, 0.3) is 0 Å². The SMILES string of the molecule is Cc1cccc(CC2(NC(=O)CCc3ccncc3)CC2)c1. The molecule has 1 aliphatic carbocycles. The smallest absolute Gasteiger partial charge is 0.220 e. The molecule has 1 saturated carbocycles. The minimum absolute atomic E-state index is 0.00310. The summed E-state index contributed by atoms with van der Waals surface area (Å²) in [5.41, 5.74) is 3.75. The third-order valence-corrected chi connectivity index (χ3v) is 4.27. The number of nitrogens with one attached hydrogen (secondary N) is 1. The van der Waals surface area contributed by atoms with E-state index in [1.54, 1.807) is 12.4 Å². The Bertz CT molecular complexity index is 647. The molecule has 0 radical (unpaired) electrons. The Labute approximate surface area is 131 Å². The number of aromatic nitrogens is 1. The van der Waals surface area contributed by atoms with Gasteiger partial charge in [-0.05, 0) is 55.9 Å². The molecular formula is C19H22N2O. The molecule has 1 fully saturated rings. The Morgan fingerprint density at radius 1 is 1.18 bits per heavy atom. The van der Waals surface area contributed by atoms with Crippen molar-refractivity contribution >= 4 is 5.91 Å². The van der Waals surface area contributed by atoms with Crippen LogP contribution < -0.4 is 5.32 Å². The molecule has 0 bridgehead atoms. The fraction of sp³-hybridized carbons (Fsp3) is 0.368. The maximum atomic E-state index is 12.2. The highest BCUT2D eigenvalue weighted by Crippen LogP contribution is 2.38. The van der Waals surface area contributed by atoms with E-state index in [1.807, 2.05) is 12.1 Å². The lowest BCUT2D eigenvalue weighted by Gasteiger charge is -2.18. The second-order valence-electron chi connectivity index (χ2n) is 6.35. The first-order chi connectivity index (χ1) is 10.7. The molecule has 3 rings (SSSR count). The highest BCUT2D eigenvalue weighted by molar-refractivity contribution is 5.77. The van der Waals surface area contributed by atoms with E-state index in [2.05, 4.69) is 41.5 Å². The molecule has 3 heteroatoms. The molecule has 0 spiro atoms. The molecule has 0 unspecified atom stereocenters. The zero-order chi connectivity index (χ0) is 15.4. The molecule has 2 aromatic rings. The predicted octanol–water partition coefficient (Wildman–Crippen LogP) is 3.21. The number of benzene rings is 1. The van der Waals surface area contributed by atoms with Crippen LogP contribution in [0.3, 0.4) is 0 Å². The van der Waals surface area contributed by atoms with Gasteiger partial charge >= 0.3 is 0 Å². The number of pyridine rings is 1. The molecule has 1 aromatic heterocycles. The first-order valence-electron chi connectivity index (χ1n) is 7.91. The quantitative estimate of drug-likeness (QED) is 0.889. The molecule has 0 aliphatic heterocycles. The van der Waals surface area contributed by atoms with Gasteiger partial charge in [-0.3, -0.25) is 9.78 Å². The summed E-state index contributed by atoms with van der Waals surface area (Å²) in [4.78, 5) is 16.2. The van der Waals surface area contributed by atoms with Crippen LogP contribution in [0.4, 0.5) is 0 Å². The Morgan fingerprint density at radius 2 is 1.95 bits per heavy atom. The van der Waals surface area contributed by atoms with E-state index in [9.17, 15) is 4.79 Å². The van der Waals surface area contributed by atoms with E-state index in [1.165, 1.54) is 11.1 Å². The van der Waals surface area contributed by atoms with Crippen molar-refractivity contribution in [2.45, 2.75) is 44.6 Å². The van der Waals surface area contributed by atoms with Gasteiger partial charge in [-0.25, -0.2) is 0 Å². The van der Waals surface area contributed by atoms with Crippen LogP contribution in [0.5, 0.6) is 0 Å². The normalized spacial score (nSPS) is 15.3. The topological polar surface area (TPSA) is 42.0 Å². The van der Waals surface area contributed by atoms with Gasteiger partial charge in [0.15, 0.2) is 0 Å². The molecule has 1 N–H and O–H groups in total. The summed E-state index contributed by atoms with van der Waals surface area (Å²) in [6, 6.07) is 12.5. The summed E-state index contributed by atoms with van der Waals surface area (Å²) in [5, 5.41) is 3.25. The summed E-state index contributed by atoms with van der Waals surface area (Å²) in [7, 11) is 0. The number of hydrogen-bond donors (Lipinski definition) is 1. The minimum Gasteiger partial charge on any atom is -0.350 e.